The molecular weight excluding hydrogens is 494 g/mol. The molecule has 11 heteroatoms. The van der Waals surface area contributed by atoms with Crippen LogP contribution in [0.1, 0.15) is 27.8 Å². The van der Waals surface area contributed by atoms with Crippen molar-refractivity contribution >= 4 is 35.0 Å². The summed E-state index contributed by atoms with van der Waals surface area (Å²) in [5.74, 6) is -4.39. The van der Waals surface area contributed by atoms with E-state index < -0.39 is 35.2 Å². The molecule has 3 aromatic carbocycles. The number of carboxylic acid groups (broad SMARTS) is 1. The minimum Gasteiger partial charge on any atom is -0.506 e. The number of fused-ring (bicyclic) bond motifs is 1. The molecular formula is C26H19F4N3O4. The lowest BCUT2D eigenvalue weighted by Crippen LogP contribution is -2.16. The van der Waals surface area contributed by atoms with Crippen molar-refractivity contribution in [2.45, 2.75) is 20.0 Å². The Morgan fingerprint density at radius 1 is 1.05 bits per heavy atom. The summed E-state index contributed by atoms with van der Waals surface area (Å²) in [5, 5.41) is 25.3. The highest BCUT2D eigenvalue weighted by Crippen LogP contribution is 2.45. The van der Waals surface area contributed by atoms with E-state index in [0.29, 0.717) is 6.08 Å². The molecule has 0 spiro atoms. The Morgan fingerprint density at radius 2 is 1.78 bits per heavy atom. The Kier molecular flexibility index (Phi) is 6.47. The van der Waals surface area contributed by atoms with Crippen molar-refractivity contribution in [3.63, 3.8) is 0 Å². The molecule has 4 N–H and O–H groups in total. The third-order valence-corrected chi connectivity index (χ3v) is 5.82. The number of nitrogens with one attached hydrogen (secondary N) is 2. The number of carbonyl (C=O) groups is 2. The van der Waals surface area contributed by atoms with Gasteiger partial charge in [-0.3, -0.25) is 10.2 Å². The van der Waals surface area contributed by atoms with Crippen molar-refractivity contribution in [1.29, 1.82) is 0 Å². The van der Waals surface area contributed by atoms with Crippen molar-refractivity contribution in [1.82, 2.24) is 0 Å². The lowest BCUT2D eigenvalue weighted by atomic mass is 9.92. The molecule has 1 aliphatic rings. The summed E-state index contributed by atoms with van der Waals surface area (Å²) in [6.07, 6.45) is -3.99. The summed E-state index contributed by atoms with van der Waals surface area (Å²) in [6, 6.07) is 10.5. The number of aromatic hydroxyl groups is 1. The second-order valence-electron chi connectivity index (χ2n) is 8.31. The standard InChI is InChI=1S/C26H19F4N3O4/c1-12-3-5-15(9-13(12)2)21-17(26(28,29)30)7-6-16-22(21)31-24(35)23(16)33-32-19-8-4-14(11-20(19)34)10-18(27)25(36)37/h3-11,32,34H,1-2H3,(H,36,37)(H,31,33,35). The molecule has 0 saturated carbocycles. The predicted octanol–water partition coefficient (Wildman–Crippen LogP) is 5.86. The third-order valence-electron chi connectivity index (χ3n) is 5.82. The van der Waals surface area contributed by atoms with Crippen LogP contribution in [0, 0.1) is 13.8 Å². The molecule has 190 valence electrons. The Labute approximate surface area is 207 Å². The van der Waals surface area contributed by atoms with Gasteiger partial charge in [0.05, 0.1) is 16.9 Å². The molecule has 4 rings (SSSR count). The number of halogens is 4. The number of phenolic OH excluding ortho intramolecular Hbond substituents is 1. The molecule has 37 heavy (non-hydrogen) atoms. The third kappa shape index (κ3) is 5.01. The average Bonchev–Trinajstić information content (AvgIpc) is 3.14. The molecule has 1 heterocycles. The van der Waals surface area contributed by atoms with Crippen LogP contribution in [0.25, 0.3) is 17.2 Å². The van der Waals surface area contributed by atoms with Gasteiger partial charge >= 0.3 is 12.1 Å². The van der Waals surface area contributed by atoms with E-state index in [1.807, 2.05) is 6.92 Å². The lowest BCUT2D eigenvalue weighted by Gasteiger charge is -2.17. The molecule has 0 unspecified atom stereocenters. The summed E-state index contributed by atoms with van der Waals surface area (Å²) >= 11 is 0. The fourth-order valence-electron chi connectivity index (χ4n) is 3.83. The molecule has 1 aliphatic heterocycles. The van der Waals surface area contributed by atoms with E-state index in [4.69, 9.17) is 5.11 Å². The second kappa shape index (κ2) is 9.41. The summed E-state index contributed by atoms with van der Waals surface area (Å²) < 4.78 is 55.0. The smallest absolute Gasteiger partial charge is 0.417 e. The number of hydrogen-bond donors (Lipinski definition) is 4. The van der Waals surface area contributed by atoms with E-state index >= 15 is 0 Å². The maximum absolute atomic E-state index is 13.9. The van der Waals surface area contributed by atoms with E-state index in [1.165, 1.54) is 12.1 Å². The Hall–Kier alpha value is -4.67. The van der Waals surface area contributed by atoms with E-state index in [2.05, 4.69) is 15.8 Å². The van der Waals surface area contributed by atoms with Crippen LogP contribution in [-0.4, -0.2) is 27.8 Å². The fourth-order valence-corrected chi connectivity index (χ4v) is 3.83. The molecule has 0 aromatic heterocycles. The van der Waals surface area contributed by atoms with Crippen molar-refractivity contribution in [2.75, 3.05) is 10.7 Å². The number of carbonyl (C=O) groups excluding carboxylic acids is 1. The first-order chi connectivity index (χ1) is 17.4. The Morgan fingerprint density at radius 3 is 2.41 bits per heavy atom. The fraction of sp³-hybridized carbons (Fsp3) is 0.115. The molecule has 0 fully saturated rings. The van der Waals surface area contributed by atoms with Gasteiger partial charge in [-0.2, -0.15) is 22.7 Å². The summed E-state index contributed by atoms with van der Waals surface area (Å²) in [4.78, 5) is 23.3. The van der Waals surface area contributed by atoms with Crippen LogP contribution < -0.4 is 10.7 Å². The van der Waals surface area contributed by atoms with Crippen LogP contribution in [0.15, 0.2) is 59.5 Å². The number of carboxylic acids is 1. The number of alkyl halides is 3. The number of hydrazone groups is 1. The van der Waals surface area contributed by atoms with E-state index in [9.17, 15) is 32.3 Å². The normalized spacial score (nSPS) is 14.5. The van der Waals surface area contributed by atoms with Gasteiger partial charge < -0.3 is 15.5 Å². The number of aliphatic carboxylic acids is 1. The van der Waals surface area contributed by atoms with Gasteiger partial charge in [0, 0.05) is 11.1 Å². The molecule has 0 saturated heterocycles. The lowest BCUT2D eigenvalue weighted by molar-refractivity contribution is -0.137. The first-order valence-electron chi connectivity index (χ1n) is 10.8. The molecule has 1 amide bonds. The van der Waals surface area contributed by atoms with Gasteiger partial charge in [-0.25, -0.2) is 4.79 Å². The van der Waals surface area contributed by atoms with Crippen molar-refractivity contribution < 1.29 is 37.4 Å². The Balaban J connectivity index is 1.75. The summed E-state index contributed by atoms with van der Waals surface area (Å²) in [7, 11) is 0. The molecule has 0 bridgehead atoms. The molecule has 0 atom stereocenters. The second-order valence-corrected chi connectivity index (χ2v) is 8.31. The van der Waals surface area contributed by atoms with Crippen LogP contribution in [0.5, 0.6) is 5.75 Å². The number of phenols is 1. The zero-order valence-corrected chi connectivity index (χ0v) is 19.4. The number of aryl methyl sites for hydroxylation is 2. The van der Waals surface area contributed by atoms with Crippen LogP contribution in [0.3, 0.4) is 0 Å². The number of benzene rings is 3. The minimum absolute atomic E-state index is 0.0112. The van der Waals surface area contributed by atoms with Gasteiger partial charge in [0.15, 0.2) is 5.71 Å². The van der Waals surface area contributed by atoms with E-state index in [-0.39, 0.29) is 39.3 Å². The SMILES string of the molecule is Cc1ccc(-c2c(C(F)(F)F)ccc3c2NC(=O)C3=NNc2ccc(C=C(F)C(=O)O)cc2O)cc1C. The number of anilines is 2. The quantitative estimate of drug-likeness (QED) is 0.148. The minimum atomic E-state index is -4.69. The zero-order chi connectivity index (χ0) is 27.1. The highest BCUT2D eigenvalue weighted by atomic mass is 19.4. The molecule has 0 aliphatic carbocycles. The van der Waals surface area contributed by atoms with Crippen molar-refractivity contribution in [3.05, 3.63) is 82.2 Å². The van der Waals surface area contributed by atoms with Gasteiger partial charge in [0.1, 0.15) is 5.75 Å². The first-order valence-corrected chi connectivity index (χ1v) is 10.8. The number of nitrogens with zero attached hydrogens (tertiary/aromatic N) is 1. The maximum atomic E-state index is 13.9. The first kappa shape index (κ1) is 25.4. The van der Waals surface area contributed by atoms with Gasteiger partial charge in [-0.05, 0) is 66.4 Å². The average molecular weight is 513 g/mol. The van der Waals surface area contributed by atoms with Crippen LogP contribution in [-0.2, 0) is 15.8 Å². The molecule has 7 nitrogen and oxygen atoms in total. The highest BCUT2D eigenvalue weighted by molar-refractivity contribution is 6.54. The predicted molar refractivity (Wildman–Crippen MR) is 130 cm³/mol. The van der Waals surface area contributed by atoms with Crippen molar-refractivity contribution in [3.8, 4) is 16.9 Å². The van der Waals surface area contributed by atoms with Gasteiger partial charge in [0.25, 0.3) is 5.91 Å². The largest absolute Gasteiger partial charge is 0.506 e. The zero-order valence-electron chi connectivity index (χ0n) is 19.4. The van der Waals surface area contributed by atoms with Gasteiger partial charge in [-0.1, -0.05) is 24.3 Å². The molecule has 0 radical (unpaired) electrons. The maximum Gasteiger partial charge on any atom is 0.417 e. The number of amides is 1. The number of hydrogen-bond acceptors (Lipinski definition) is 5. The van der Waals surface area contributed by atoms with Crippen molar-refractivity contribution in [2.24, 2.45) is 5.10 Å². The summed E-state index contributed by atoms with van der Waals surface area (Å²) in [5.41, 5.74) is 3.23. The molecule has 3 aromatic rings. The van der Waals surface area contributed by atoms with Gasteiger partial charge in [0.2, 0.25) is 5.83 Å². The summed E-state index contributed by atoms with van der Waals surface area (Å²) in [6.45, 7) is 3.60. The van der Waals surface area contributed by atoms with Gasteiger partial charge in [-0.15, -0.1) is 0 Å². The van der Waals surface area contributed by atoms with Crippen LogP contribution >= 0.6 is 0 Å². The van der Waals surface area contributed by atoms with Crippen LogP contribution in [0.2, 0.25) is 0 Å². The highest BCUT2D eigenvalue weighted by Gasteiger charge is 2.39. The number of rotatable bonds is 5. The van der Waals surface area contributed by atoms with E-state index in [1.54, 1.807) is 25.1 Å². The topological polar surface area (TPSA) is 111 Å². The van der Waals surface area contributed by atoms with E-state index in [0.717, 1.165) is 29.3 Å². The Bertz CT molecular complexity index is 1510. The van der Waals surface area contributed by atoms with Crippen LogP contribution in [0.4, 0.5) is 28.9 Å². The monoisotopic (exact) mass is 513 g/mol.